The van der Waals surface area contributed by atoms with Gasteiger partial charge >= 0.3 is 18.5 Å². The van der Waals surface area contributed by atoms with Crippen molar-refractivity contribution in [2.75, 3.05) is 0 Å². The van der Waals surface area contributed by atoms with Crippen molar-refractivity contribution in [3.8, 4) is 5.88 Å². The summed E-state index contributed by atoms with van der Waals surface area (Å²) in [5.74, 6) is 2.39. The normalized spacial score (nSPS) is 13.5. The van der Waals surface area contributed by atoms with Gasteiger partial charge in [0.15, 0.2) is 0 Å². The van der Waals surface area contributed by atoms with Gasteiger partial charge in [-0.25, -0.2) is 0 Å². The van der Waals surface area contributed by atoms with E-state index in [2.05, 4.69) is 15.7 Å². The molecular formula is C8H2ClF9N2O. The van der Waals surface area contributed by atoms with E-state index >= 15 is 0 Å². The molecule has 0 bridgehead atoms. The molecule has 0 fully saturated rings. The molecule has 2 N–H and O–H groups in total. The van der Waals surface area contributed by atoms with Gasteiger partial charge in [0.05, 0.1) is 5.56 Å². The highest BCUT2D eigenvalue weighted by molar-refractivity contribution is 6.30. The number of hydrogen-bond donors (Lipinski definition) is 1. The Balaban J connectivity index is 4.02. The molecule has 0 amide bonds. The van der Waals surface area contributed by atoms with E-state index in [9.17, 15) is 39.5 Å². The standard InChI is InChI=1S/C8H2ClF9N2O/c9-4-2(7(13,14)15)1(6(10,11)12)3(8(16,17)18)5(20-4)21-19/h19H2. The van der Waals surface area contributed by atoms with Crippen LogP contribution >= 0.6 is 11.6 Å². The lowest BCUT2D eigenvalue weighted by molar-refractivity contribution is -0.175. The first-order valence-corrected chi connectivity index (χ1v) is 4.90. The Hall–Kier alpha value is -1.43. The van der Waals surface area contributed by atoms with E-state index in [4.69, 9.17) is 11.6 Å². The van der Waals surface area contributed by atoms with Crippen LogP contribution in [0.25, 0.3) is 0 Å². The Labute approximate surface area is 114 Å². The molecule has 1 aromatic heterocycles. The number of hydrogen-bond acceptors (Lipinski definition) is 3. The number of alkyl halides is 9. The summed E-state index contributed by atoms with van der Waals surface area (Å²) in [6.45, 7) is 0. The van der Waals surface area contributed by atoms with Crippen molar-refractivity contribution < 1.29 is 44.4 Å². The Bertz CT molecular complexity index is 549. The van der Waals surface area contributed by atoms with Crippen LogP contribution in [0.15, 0.2) is 0 Å². The van der Waals surface area contributed by atoms with Crippen molar-refractivity contribution in [2.45, 2.75) is 18.5 Å². The number of nitrogens with two attached hydrogens (primary N) is 1. The monoisotopic (exact) mass is 348 g/mol. The zero-order chi connectivity index (χ0) is 16.8. The number of pyridine rings is 1. The van der Waals surface area contributed by atoms with Crippen molar-refractivity contribution in [3.05, 3.63) is 21.8 Å². The van der Waals surface area contributed by atoms with Gasteiger partial charge in [-0.15, -0.1) is 0 Å². The quantitative estimate of drug-likeness (QED) is 0.473. The van der Waals surface area contributed by atoms with E-state index < -0.39 is 46.3 Å². The Morgan fingerprint density at radius 1 is 0.762 bits per heavy atom. The molecule has 0 aliphatic carbocycles. The fourth-order valence-electron chi connectivity index (χ4n) is 1.43. The zero-order valence-electron chi connectivity index (χ0n) is 9.21. The van der Waals surface area contributed by atoms with Crippen LogP contribution in [0.3, 0.4) is 0 Å². The molecule has 0 unspecified atom stereocenters. The summed E-state index contributed by atoms with van der Waals surface area (Å²) in [5, 5.41) is -1.87. The van der Waals surface area contributed by atoms with Gasteiger partial charge in [0.25, 0.3) is 5.88 Å². The van der Waals surface area contributed by atoms with E-state index in [1.807, 2.05) is 0 Å². The van der Waals surface area contributed by atoms with E-state index in [1.54, 1.807) is 0 Å². The SMILES string of the molecule is NOc1nc(Cl)c(C(F)(F)F)c(C(F)(F)F)c1C(F)(F)F. The first kappa shape index (κ1) is 17.6. The summed E-state index contributed by atoms with van der Waals surface area (Å²) in [5.41, 5.74) is -8.65. The summed E-state index contributed by atoms with van der Waals surface area (Å²) in [6.07, 6.45) is -17.7. The van der Waals surface area contributed by atoms with Crippen molar-refractivity contribution in [2.24, 2.45) is 5.90 Å². The topological polar surface area (TPSA) is 48.1 Å². The van der Waals surface area contributed by atoms with Gasteiger partial charge in [-0.3, -0.25) is 0 Å². The second kappa shape index (κ2) is 5.09. The Morgan fingerprint density at radius 3 is 1.43 bits per heavy atom. The molecule has 0 spiro atoms. The molecule has 1 rings (SSSR count). The lowest BCUT2D eigenvalue weighted by Gasteiger charge is -2.22. The number of halogens is 10. The van der Waals surface area contributed by atoms with Crippen molar-refractivity contribution in [1.29, 1.82) is 0 Å². The summed E-state index contributed by atoms with van der Waals surface area (Å²) in [6, 6.07) is 0. The number of aromatic nitrogens is 1. The molecule has 21 heavy (non-hydrogen) atoms. The van der Waals surface area contributed by atoms with Gasteiger partial charge < -0.3 is 4.84 Å². The lowest BCUT2D eigenvalue weighted by atomic mass is 10.0. The van der Waals surface area contributed by atoms with Crippen LogP contribution in [-0.4, -0.2) is 4.98 Å². The van der Waals surface area contributed by atoms with E-state index in [0.717, 1.165) is 0 Å². The summed E-state index contributed by atoms with van der Waals surface area (Å²) in [7, 11) is 0. The van der Waals surface area contributed by atoms with Gasteiger partial charge in [-0.1, -0.05) is 11.6 Å². The molecule has 3 nitrogen and oxygen atoms in total. The predicted octanol–water partition coefficient (Wildman–Crippen LogP) is 4.04. The minimum Gasteiger partial charge on any atom is -0.390 e. The number of nitrogens with zero attached hydrogens (tertiary/aromatic N) is 1. The van der Waals surface area contributed by atoms with Crippen molar-refractivity contribution >= 4 is 11.6 Å². The second-order valence-corrected chi connectivity index (χ2v) is 3.80. The van der Waals surface area contributed by atoms with E-state index in [0.29, 0.717) is 0 Å². The van der Waals surface area contributed by atoms with Gasteiger partial charge in [0.2, 0.25) is 0 Å². The summed E-state index contributed by atoms with van der Waals surface area (Å²) >= 11 is 4.89. The van der Waals surface area contributed by atoms with Crippen LogP contribution in [0.5, 0.6) is 5.88 Å². The average molecular weight is 349 g/mol. The van der Waals surface area contributed by atoms with Gasteiger partial charge in [-0.2, -0.15) is 50.4 Å². The molecule has 13 heteroatoms. The van der Waals surface area contributed by atoms with Crippen LogP contribution in [0.2, 0.25) is 5.15 Å². The molecule has 0 radical (unpaired) electrons. The van der Waals surface area contributed by atoms with Gasteiger partial charge in [0.1, 0.15) is 16.3 Å². The van der Waals surface area contributed by atoms with Crippen molar-refractivity contribution in [3.63, 3.8) is 0 Å². The smallest absolute Gasteiger partial charge is 0.390 e. The number of rotatable bonds is 1. The van der Waals surface area contributed by atoms with Crippen LogP contribution in [0, 0.1) is 0 Å². The highest BCUT2D eigenvalue weighted by atomic mass is 35.5. The Morgan fingerprint density at radius 2 is 1.14 bits per heavy atom. The fourth-order valence-corrected chi connectivity index (χ4v) is 1.70. The first-order valence-electron chi connectivity index (χ1n) is 4.53. The van der Waals surface area contributed by atoms with Crippen LogP contribution in [0.4, 0.5) is 39.5 Å². The third-order valence-corrected chi connectivity index (χ3v) is 2.36. The summed E-state index contributed by atoms with van der Waals surface area (Å²) in [4.78, 5) is 5.95. The third kappa shape index (κ3) is 3.43. The molecule has 0 saturated carbocycles. The molecule has 0 aliphatic heterocycles. The van der Waals surface area contributed by atoms with Crippen molar-refractivity contribution in [1.82, 2.24) is 4.98 Å². The first-order chi connectivity index (χ1) is 9.21. The van der Waals surface area contributed by atoms with E-state index in [1.165, 1.54) is 0 Å². The fraction of sp³-hybridized carbons (Fsp3) is 0.375. The van der Waals surface area contributed by atoms with Gasteiger partial charge in [0, 0.05) is 0 Å². The molecule has 120 valence electrons. The predicted molar refractivity (Wildman–Crippen MR) is 49.1 cm³/mol. The highest BCUT2D eigenvalue weighted by Crippen LogP contribution is 2.51. The lowest BCUT2D eigenvalue weighted by Crippen LogP contribution is -2.26. The van der Waals surface area contributed by atoms with Crippen LogP contribution < -0.4 is 10.7 Å². The van der Waals surface area contributed by atoms with Gasteiger partial charge in [-0.05, 0) is 0 Å². The Kier molecular flexibility index (Phi) is 4.27. The molecule has 0 saturated heterocycles. The average Bonchev–Trinajstić information content (AvgIpc) is 2.22. The molecule has 0 atom stereocenters. The summed E-state index contributed by atoms with van der Waals surface area (Å²) < 4.78 is 114. The zero-order valence-corrected chi connectivity index (χ0v) is 9.97. The minimum atomic E-state index is -6.03. The second-order valence-electron chi connectivity index (χ2n) is 3.44. The molecular weight excluding hydrogens is 347 g/mol. The largest absolute Gasteiger partial charge is 0.422 e. The molecule has 1 heterocycles. The van der Waals surface area contributed by atoms with Crippen LogP contribution in [-0.2, 0) is 18.5 Å². The minimum absolute atomic E-state index is 1.87. The van der Waals surface area contributed by atoms with Crippen LogP contribution in [0.1, 0.15) is 16.7 Å². The molecule has 0 aromatic carbocycles. The highest BCUT2D eigenvalue weighted by Gasteiger charge is 2.54. The molecule has 0 aliphatic rings. The maximum Gasteiger partial charge on any atom is 0.422 e. The maximum absolute atomic E-state index is 12.7. The molecule has 1 aromatic rings. The maximum atomic E-state index is 12.7. The third-order valence-electron chi connectivity index (χ3n) is 2.08. The van der Waals surface area contributed by atoms with E-state index in [-0.39, 0.29) is 0 Å².